The number of nitrogens with one attached hydrogen (secondary N) is 2. The Morgan fingerprint density at radius 2 is 2.13 bits per heavy atom. The van der Waals surface area contributed by atoms with Gasteiger partial charge in [-0.1, -0.05) is 12.8 Å². The van der Waals surface area contributed by atoms with Crippen LogP contribution < -0.4 is 10.6 Å². The number of carbonyl (C=O) groups is 1. The van der Waals surface area contributed by atoms with Crippen molar-refractivity contribution in [1.29, 1.82) is 0 Å². The molecule has 0 bridgehead atoms. The average molecular weight is 212 g/mol. The normalized spacial score (nSPS) is 32.1. The van der Waals surface area contributed by atoms with Crippen molar-refractivity contribution in [2.24, 2.45) is 5.92 Å². The fourth-order valence-electron chi connectivity index (χ4n) is 2.50. The van der Waals surface area contributed by atoms with E-state index in [1.54, 1.807) is 0 Å². The highest BCUT2D eigenvalue weighted by Gasteiger charge is 2.28. The topological polar surface area (TPSA) is 61.4 Å². The van der Waals surface area contributed by atoms with E-state index in [2.05, 4.69) is 10.6 Å². The molecule has 0 aromatic heterocycles. The van der Waals surface area contributed by atoms with Gasteiger partial charge < -0.3 is 15.7 Å². The van der Waals surface area contributed by atoms with E-state index in [0.717, 1.165) is 6.54 Å². The molecule has 4 nitrogen and oxygen atoms in total. The van der Waals surface area contributed by atoms with Gasteiger partial charge in [-0.3, -0.25) is 4.79 Å². The highest BCUT2D eigenvalue weighted by Crippen LogP contribution is 2.23. The van der Waals surface area contributed by atoms with Gasteiger partial charge in [-0.25, -0.2) is 0 Å². The molecule has 15 heavy (non-hydrogen) atoms. The molecule has 1 aliphatic carbocycles. The first-order valence-electron chi connectivity index (χ1n) is 5.95. The van der Waals surface area contributed by atoms with E-state index in [-0.39, 0.29) is 18.1 Å². The Bertz CT molecular complexity index is 227. The van der Waals surface area contributed by atoms with Crippen LogP contribution in [0.3, 0.4) is 0 Å². The van der Waals surface area contributed by atoms with E-state index in [0.29, 0.717) is 18.9 Å². The maximum absolute atomic E-state index is 11.7. The van der Waals surface area contributed by atoms with Gasteiger partial charge in [-0.2, -0.15) is 0 Å². The van der Waals surface area contributed by atoms with Gasteiger partial charge >= 0.3 is 0 Å². The summed E-state index contributed by atoms with van der Waals surface area (Å²) in [6.45, 7) is 1.36. The minimum absolute atomic E-state index is 0.0541. The molecule has 0 aromatic carbocycles. The van der Waals surface area contributed by atoms with Gasteiger partial charge in [-0.15, -0.1) is 0 Å². The highest BCUT2D eigenvalue weighted by atomic mass is 16.3. The maximum atomic E-state index is 11.7. The van der Waals surface area contributed by atoms with Gasteiger partial charge in [0.25, 0.3) is 0 Å². The van der Waals surface area contributed by atoms with Crippen LogP contribution in [-0.4, -0.2) is 36.2 Å². The molecule has 2 aliphatic rings. The van der Waals surface area contributed by atoms with Crippen LogP contribution in [0.1, 0.15) is 32.1 Å². The molecule has 1 heterocycles. The molecule has 2 unspecified atom stereocenters. The molecule has 2 atom stereocenters. The van der Waals surface area contributed by atoms with Crippen molar-refractivity contribution in [2.75, 3.05) is 13.1 Å². The molecule has 0 radical (unpaired) electrons. The minimum Gasteiger partial charge on any atom is -0.392 e. The fraction of sp³-hybridized carbons (Fsp3) is 0.909. The lowest BCUT2D eigenvalue weighted by Gasteiger charge is -2.14. The van der Waals surface area contributed by atoms with E-state index >= 15 is 0 Å². The van der Waals surface area contributed by atoms with Crippen LogP contribution in [0.5, 0.6) is 0 Å². The van der Waals surface area contributed by atoms with Gasteiger partial charge in [0.2, 0.25) is 5.91 Å². The zero-order valence-corrected chi connectivity index (χ0v) is 9.04. The van der Waals surface area contributed by atoms with Gasteiger partial charge in [0.1, 0.15) is 0 Å². The first-order chi connectivity index (χ1) is 7.25. The fourth-order valence-corrected chi connectivity index (χ4v) is 2.50. The molecular weight excluding hydrogens is 192 g/mol. The van der Waals surface area contributed by atoms with Crippen molar-refractivity contribution in [3.63, 3.8) is 0 Å². The third kappa shape index (κ3) is 2.92. The van der Waals surface area contributed by atoms with Crippen LogP contribution in [0.25, 0.3) is 0 Å². The van der Waals surface area contributed by atoms with E-state index in [4.69, 9.17) is 0 Å². The standard InChI is InChI=1S/C11H20N2O2/c14-9-5-10(12-7-9)11(15)13-6-8-3-1-2-4-8/h8-10,12,14H,1-7H2,(H,13,15). The largest absolute Gasteiger partial charge is 0.392 e. The summed E-state index contributed by atoms with van der Waals surface area (Å²) < 4.78 is 0. The van der Waals surface area contributed by atoms with E-state index in [9.17, 15) is 9.90 Å². The Morgan fingerprint density at radius 3 is 2.73 bits per heavy atom. The monoisotopic (exact) mass is 212 g/mol. The first kappa shape index (κ1) is 10.9. The third-order valence-electron chi connectivity index (χ3n) is 3.46. The van der Waals surface area contributed by atoms with Crippen LogP contribution >= 0.6 is 0 Å². The van der Waals surface area contributed by atoms with Gasteiger partial charge in [-0.05, 0) is 25.2 Å². The molecule has 1 saturated carbocycles. The summed E-state index contributed by atoms with van der Waals surface area (Å²) in [5.74, 6) is 0.735. The smallest absolute Gasteiger partial charge is 0.237 e. The second-order valence-corrected chi connectivity index (χ2v) is 4.75. The quantitative estimate of drug-likeness (QED) is 0.618. The van der Waals surface area contributed by atoms with E-state index in [1.807, 2.05) is 0 Å². The molecule has 0 spiro atoms. The average Bonchev–Trinajstić information content (AvgIpc) is 2.84. The van der Waals surface area contributed by atoms with E-state index < -0.39 is 0 Å². The summed E-state index contributed by atoms with van der Waals surface area (Å²) in [5.41, 5.74) is 0. The molecule has 0 aromatic rings. The molecule has 1 aliphatic heterocycles. The van der Waals surface area contributed by atoms with Gasteiger partial charge in [0.05, 0.1) is 12.1 Å². The van der Waals surface area contributed by atoms with Crippen molar-refractivity contribution < 1.29 is 9.90 Å². The number of rotatable bonds is 3. The Kier molecular flexibility index (Phi) is 3.59. The Labute approximate surface area is 90.4 Å². The summed E-state index contributed by atoms with van der Waals surface area (Å²) >= 11 is 0. The summed E-state index contributed by atoms with van der Waals surface area (Å²) in [4.78, 5) is 11.7. The number of aliphatic hydroxyl groups is 1. The molecule has 1 amide bonds. The Morgan fingerprint density at radius 1 is 1.40 bits per heavy atom. The predicted molar refractivity (Wildman–Crippen MR) is 57.4 cm³/mol. The zero-order valence-electron chi connectivity index (χ0n) is 9.04. The van der Waals surface area contributed by atoms with Crippen LogP contribution in [-0.2, 0) is 4.79 Å². The van der Waals surface area contributed by atoms with Gasteiger partial charge in [0, 0.05) is 13.1 Å². The number of aliphatic hydroxyl groups excluding tert-OH is 1. The minimum atomic E-state index is -0.354. The molecule has 2 rings (SSSR count). The van der Waals surface area contributed by atoms with Crippen molar-refractivity contribution in [3.05, 3.63) is 0 Å². The Hall–Kier alpha value is -0.610. The molecule has 4 heteroatoms. The highest BCUT2D eigenvalue weighted by molar-refractivity contribution is 5.82. The summed E-state index contributed by atoms with van der Waals surface area (Å²) in [6.07, 6.45) is 5.31. The molecule has 3 N–H and O–H groups in total. The van der Waals surface area contributed by atoms with Crippen LogP contribution in [0.2, 0.25) is 0 Å². The van der Waals surface area contributed by atoms with Crippen molar-refractivity contribution in [2.45, 2.75) is 44.2 Å². The number of hydrogen-bond donors (Lipinski definition) is 3. The number of amides is 1. The SMILES string of the molecule is O=C(NCC1CCCC1)C1CC(O)CN1. The Balaban J connectivity index is 1.67. The van der Waals surface area contributed by atoms with Crippen molar-refractivity contribution in [1.82, 2.24) is 10.6 Å². The molecule has 86 valence electrons. The lowest BCUT2D eigenvalue weighted by molar-refractivity contribution is -0.123. The summed E-state index contributed by atoms with van der Waals surface area (Å²) in [6, 6.07) is -0.179. The van der Waals surface area contributed by atoms with Crippen molar-refractivity contribution in [3.8, 4) is 0 Å². The number of hydrogen-bond acceptors (Lipinski definition) is 3. The second-order valence-electron chi connectivity index (χ2n) is 4.75. The third-order valence-corrected chi connectivity index (χ3v) is 3.46. The van der Waals surface area contributed by atoms with Crippen molar-refractivity contribution >= 4 is 5.91 Å². The number of β-amino-alcohol motifs (C(OH)–C–C–N with tert-alkyl or cyclic N) is 1. The maximum Gasteiger partial charge on any atom is 0.237 e. The van der Waals surface area contributed by atoms with Crippen LogP contribution in [0.4, 0.5) is 0 Å². The lowest BCUT2D eigenvalue weighted by atomic mass is 10.1. The molecule has 1 saturated heterocycles. The van der Waals surface area contributed by atoms with Gasteiger partial charge in [0.15, 0.2) is 0 Å². The zero-order chi connectivity index (χ0) is 10.7. The molecule has 2 fully saturated rings. The second kappa shape index (κ2) is 4.94. The molecular formula is C11H20N2O2. The van der Waals surface area contributed by atoms with Crippen LogP contribution in [0.15, 0.2) is 0 Å². The summed E-state index contributed by atoms with van der Waals surface area (Å²) in [5, 5.41) is 15.3. The lowest BCUT2D eigenvalue weighted by Crippen LogP contribution is -2.41. The first-order valence-corrected chi connectivity index (χ1v) is 5.95. The van der Waals surface area contributed by atoms with Crippen LogP contribution in [0, 0.1) is 5.92 Å². The van der Waals surface area contributed by atoms with E-state index in [1.165, 1.54) is 25.7 Å². The number of carbonyl (C=O) groups excluding carboxylic acids is 1. The predicted octanol–water partition coefficient (Wildman–Crippen LogP) is 0.0156. The summed E-state index contributed by atoms with van der Waals surface area (Å²) in [7, 11) is 0.